The quantitative estimate of drug-likeness (QED) is 0.760. The molecular weight excluding hydrogens is 340 g/mol. The van der Waals surface area contributed by atoms with Crippen molar-refractivity contribution >= 4 is 28.4 Å². The Morgan fingerprint density at radius 1 is 1.12 bits per heavy atom. The second-order valence-electron chi connectivity index (χ2n) is 8.15. The lowest BCUT2D eigenvalue weighted by molar-refractivity contribution is 0.292. The zero-order chi connectivity index (χ0) is 18.1. The van der Waals surface area contributed by atoms with E-state index in [1.807, 2.05) is 0 Å². The standard InChI is InChI=1S/C21H30N4S/c1-14-11-18-19(12-15(14)2)24-20(23-18)16-7-6-10-25(13-16)21(26)22-17-8-4-3-5-9-17/h11-12,16-17H,3-10,13H2,1-2H3,(H,22,26)(H,23,24). The highest BCUT2D eigenvalue weighted by molar-refractivity contribution is 7.80. The Kier molecular flexibility index (Phi) is 5.16. The van der Waals surface area contributed by atoms with E-state index in [0.717, 1.165) is 35.1 Å². The molecule has 1 unspecified atom stereocenters. The smallest absolute Gasteiger partial charge is 0.169 e. The van der Waals surface area contributed by atoms with Gasteiger partial charge in [-0.05, 0) is 75.0 Å². The normalized spacial score (nSPS) is 21.9. The average molecular weight is 371 g/mol. The van der Waals surface area contributed by atoms with Crippen molar-refractivity contribution in [3.63, 3.8) is 0 Å². The van der Waals surface area contributed by atoms with Crippen LogP contribution in [0.4, 0.5) is 0 Å². The van der Waals surface area contributed by atoms with Gasteiger partial charge in [-0.3, -0.25) is 0 Å². The number of hydrogen-bond donors (Lipinski definition) is 2. The van der Waals surface area contributed by atoms with Crippen molar-refractivity contribution in [2.75, 3.05) is 13.1 Å². The molecule has 2 fully saturated rings. The van der Waals surface area contributed by atoms with Gasteiger partial charge in [0, 0.05) is 25.0 Å². The van der Waals surface area contributed by atoms with E-state index in [2.05, 4.69) is 41.2 Å². The van der Waals surface area contributed by atoms with Crippen LogP contribution in [-0.4, -0.2) is 39.1 Å². The molecule has 1 aromatic carbocycles. The number of likely N-dealkylation sites (tertiary alicyclic amines) is 1. The Morgan fingerprint density at radius 2 is 1.88 bits per heavy atom. The van der Waals surface area contributed by atoms with Crippen molar-refractivity contribution in [2.24, 2.45) is 0 Å². The average Bonchev–Trinajstić information content (AvgIpc) is 3.06. The number of nitrogens with zero attached hydrogens (tertiary/aromatic N) is 2. The highest BCUT2D eigenvalue weighted by Crippen LogP contribution is 2.28. The largest absolute Gasteiger partial charge is 0.360 e. The highest BCUT2D eigenvalue weighted by atomic mass is 32.1. The van der Waals surface area contributed by atoms with Crippen LogP contribution in [0.3, 0.4) is 0 Å². The summed E-state index contributed by atoms with van der Waals surface area (Å²) < 4.78 is 0. The number of benzene rings is 1. The van der Waals surface area contributed by atoms with Gasteiger partial charge in [0.25, 0.3) is 0 Å². The molecule has 0 amide bonds. The zero-order valence-electron chi connectivity index (χ0n) is 16.0. The zero-order valence-corrected chi connectivity index (χ0v) is 16.8. The molecule has 140 valence electrons. The SMILES string of the molecule is Cc1cc2nc(C3CCCN(C(=S)NC4CCCCC4)C3)[nH]c2cc1C. The molecule has 0 radical (unpaired) electrons. The van der Waals surface area contributed by atoms with Gasteiger partial charge in [-0.15, -0.1) is 0 Å². The number of aryl methyl sites for hydroxylation is 2. The van der Waals surface area contributed by atoms with Gasteiger partial charge in [0.05, 0.1) is 11.0 Å². The van der Waals surface area contributed by atoms with Crippen LogP contribution in [0.2, 0.25) is 0 Å². The summed E-state index contributed by atoms with van der Waals surface area (Å²) in [7, 11) is 0. The van der Waals surface area contributed by atoms with Crippen molar-refractivity contribution in [2.45, 2.75) is 70.8 Å². The Bertz CT molecular complexity index is 752. The van der Waals surface area contributed by atoms with Crippen molar-refractivity contribution in [1.29, 1.82) is 0 Å². The number of aromatic nitrogens is 2. The lowest BCUT2D eigenvalue weighted by atomic mass is 9.95. The number of imidazole rings is 1. The molecule has 1 saturated heterocycles. The Hall–Kier alpha value is -1.62. The highest BCUT2D eigenvalue weighted by Gasteiger charge is 2.26. The van der Waals surface area contributed by atoms with E-state index in [1.165, 1.54) is 56.1 Å². The van der Waals surface area contributed by atoms with Crippen LogP contribution in [0.25, 0.3) is 11.0 Å². The first-order valence-electron chi connectivity index (χ1n) is 10.1. The van der Waals surface area contributed by atoms with Gasteiger partial charge in [-0.25, -0.2) is 4.98 Å². The molecule has 1 aliphatic carbocycles. The molecule has 26 heavy (non-hydrogen) atoms. The first-order chi connectivity index (χ1) is 12.6. The molecule has 1 aliphatic heterocycles. The predicted octanol–water partition coefficient (Wildman–Crippen LogP) is 4.57. The van der Waals surface area contributed by atoms with E-state index in [9.17, 15) is 0 Å². The van der Waals surface area contributed by atoms with Gasteiger partial charge in [0.1, 0.15) is 5.82 Å². The summed E-state index contributed by atoms with van der Waals surface area (Å²) in [6, 6.07) is 4.99. The number of piperidine rings is 1. The third kappa shape index (κ3) is 3.73. The molecule has 4 rings (SSSR count). The molecule has 0 bridgehead atoms. The fourth-order valence-electron chi connectivity index (χ4n) is 4.38. The fourth-order valence-corrected chi connectivity index (χ4v) is 4.71. The molecule has 2 aromatic rings. The monoisotopic (exact) mass is 370 g/mol. The molecule has 1 saturated carbocycles. The summed E-state index contributed by atoms with van der Waals surface area (Å²) in [5.74, 6) is 1.55. The van der Waals surface area contributed by atoms with E-state index < -0.39 is 0 Å². The second kappa shape index (κ2) is 7.55. The maximum absolute atomic E-state index is 5.74. The van der Waals surface area contributed by atoms with Crippen LogP contribution in [0.5, 0.6) is 0 Å². The minimum atomic E-state index is 0.433. The summed E-state index contributed by atoms with van der Waals surface area (Å²) in [6.07, 6.45) is 8.93. The number of nitrogens with one attached hydrogen (secondary N) is 2. The van der Waals surface area contributed by atoms with E-state index in [-0.39, 0.29) is 0 Å². The van der Waals surface area contributed by atoms with Crippen molar-refractivity contribution in [1.82, 2.24) is 20.2 Å². The van der Waals surface area contributed by atoms with Crippen molar-refractivity contribution < 1.29 is 0 Å². The summed E-state index contributed by atoms with van der Waals surface area (Å²) in [5.41, 5.74) is 4.86. The van der Waals surface area contributed by atoms with Gasteiger partial charge >= 0.3 is 0 Å². The number of rotatable bonds is 2. The molecular formula is C21H30N4S. The van der Waals surface area contributed by atoms with Gasteiger partial charge in [0.2, 0.25) is 0 Å². The molecule has 0 spiro atoms. The van der Waals surface area contributed by atoms with Crippen LogP contribution >= 0.6 is 12.2 Å². The summed E-state index contributed by atoms with van der Waals surface area (Å²) >= 11 is 5.74. The van der Waals surface area contributed by atoms with E-state index in [4.69, 9.17) is 17.2 Å². The summed E-state index contributed by atoms with van der Waals surface area (Å²) in [4.78, 5) is 10.8. The lowest BCUT2D eigenvalue weighted by Gasteiger charge is -2.36. The number of thiocarbonyl (C=S) groups is 1. The minimum absolute atomic E-state index is 0.433. The van der Waals surface area contributed by atoms with E-state index >= 15 is 0 Å². The molecule has 4 nitrogen and oxygen atoms in total. The van der Waals surface area contributed by atoms with E-state index in [1.54, 1.807) is 0 Å². The van der Waals surface area contributed by atoms with Crippen LogP contribution in [0.1, 0.15) is 67.8 Å². The molecule has 2 N–H and O–H groups in total. The number of aromatic amines is 1. The third-order valence-electron chi connectivity index (χ3n) is 6.14. The van der Waals surface area contributed by atoms with Gasteiger partial charge < -0.3 is 15.2 Å². The summed E-state index contributed by atoms with van der Waals surface area (Å²) in [6.45, 7) is 6.34. The lowest BCUT2D eigenvalue weighted by Crippen LogP contribution is -2.48. The number of fused-ring (bicyclic) bond motifs is 1. The first-order valence-corrected chi connectivity index (χ1v) is 10.5. The Morgan fingerprint density at radius 3 is 2.69 bits per heavy atom. The van der Waals surface area contributed by atoms with Crippen molar-refractivity contribution in [3.8, 4) is 0 Å². The molecule has 5 heteroatoms. The molecule has 2 heterocycles. The fraction of sp³-hybridized carbons (Fsp3) is 0.619. The maximum Gasteiger partial charge on any atom is 0.169 e. The number of H-pyrrole nitrogens is 1. The Balaban J connectivity index is 1.45. The minimum Gasteiger partial charge on any atom is -0.360 e. The van der Waals surface area contributed by atoms with E-state index in [0.29, 0.717) is 12.0 Å². The maximum atomic E-state index is 5.74. The molecule has 2 aliphatic rings. The van der Waals surface area contributed by atoms with Gasteiger partial charge in [-0.1, -0.05) is 19.3 Å². The second-order valence-corrected chi connectivity index (χ2v) is 8.53. The molecule has 1 atom stereocenters. The van der Waals surface area contributed by atoms with Crippen LogP contribution in [0, 0.1) is 13.8 Å². The molecule has 1 aromatic heterocycles. The Labute approximate surface area is 161 Å². The van der Waals surface area contributed by atoms with Crippen LogP contribution in [-0.2, 0) is 0 Å². The predicted molar refractivity (Wildman–Crippen MR) is 112 cm³/mol. The first kappa shape index (κ1) is 17.8. The topological polar surface area (TPSA) is 44.0 Å². The third-order valence-corrected chi connectivity index (χ3v) is 6.52. The van der Waals surface area contributed by atoms with Crippen molar-refractivity contribution in [3.05, 3.63) is 29.1 Å². The number of hydrogen-bond acceptors (Lipinski definition) is 2. The van der Waals surface area contributed by atoms with Gasteiger partial charge in [-0.2, -0.15) is 0 Å². The van der Waals surface area contributed by atoms with Gasteiger partial charge in [0.15, 0.2) is 5.11 Å². The van der Waals surface area contributed by atoms with Crippen LogP contribution < -0.4 is 5.32 Å². The summed E-state index contributed by atoms with van der Waals surface area (Å²) in [5, 5.41) is 4.58. The van der Waals surface area contributed by atoms with Crippen LogP contribution in [0.15, 0.2) is 12.1 Å².